The summed E-state index contributed by atoms with van der Waals surface area (Å²) in [4.78, 5) is 2.38. The molecule has 1 aliphatic rings. The van der Waals surface area contributed by atoms with Gasteiger partial charge in [-0.25, -0.2) is 0 Å². The van der Waals surface area contributed by atoms with Gasteiger partial charge >= 0.3 is 0 Å². The average Bonchev–Trinajstić information content (AvgIpc) is 1.97. The SMILES string of the molecule is CC1CN(C(C)(C)C)CC(O)C1C. The third-order valence-electron chi connectivity index (χ3n) is 3.37. The standard InChI is InChI=1S/C11H23NO/c1-8-6-12(11(3,4)5)7-10(13)9(8)2/h8-10,13H,6-7H2,1-5H3. The molecule has 78 valence electrons. The summed E-state index contributed by atoms with van der Waals surface area (Å²) >= 11 is 0. The largest absolute Gasteiger partial charge is 0.392 e. The van der Waals surface area contributed by atoms with Gasteiger partial charge in [0.15, 0.2) is 0 Å². The van der Waals surface area contributed by atoms with E-state index in [2.05, 4.69) is 39.5 Å². The van der Waals surface area contributed by atoms with Gasteiger partial charge in [0.25, 0.3) is 0 Å². The number of aliphatic hydroxyl groups is 1. The molecular weight excluding hydrogens is 162 g/mol. The molecule has 0 aromatic heterocycles. The van der Waals surface area contributed by atoms with Gasteiger partial charge in [0.2, 0.25) is 0 Å². The predicted octanol–water partition coefficient (Wildman–Crippen LogP) is 1.73. The fourth-order valence-corrected chi connectivity index (χ4v) is 1.91. The van der Waals surface area contributed by atoms with Crippen molar-refractivity contribution in [2.45, 2.75) is 46.3 Å². The first-order chi connectivity index (χ1) is 5.82. The Morgan fingerprint density at radius 3 is 2.08 bits per heavy atom. The zero-order chi connectivity index (χ0) is 10.2. The van der Waals surface area contributed by atoms with E-state index in [1.165, 1.54) is 0 Å². The predicted molar refractivity (Wildman–Crippen MR) is 55.7 cm³/mol. The molecule has 0 saturated carbocycles. The molecule has 0 radical (unpaired) electrons. The molecule has 3 unspecified atom stereocenters. The highest BCUT2D eigenvalue weighted by Crippen LogP contribution is 2.27. The first-order valence-corrected chi connectivity index (χ1v) is 5.25. The third kappa shape index (κ3) is 2.44. The van der Waals surface area contributed by atoms with Crippen LogP contribution in [0.2, 0.25) is 0 Å². The molecule has 0 amide bonds. The second-order valence-corrected chi connectivity index (χ2v) is 5.48. The van der Waals surface area contributed by atoms with E-state index in [0.717, 1.165) is 13.1 Å². The Hall–Kier alpha value is -0.0800. The van der Waals surface area contributed by atoms with Gasteiger partial charge in [0.1, 0.15) is 0 Å². The van der Waals surface area contributed by atoms with Crippen LogP contribution in [0, 0.1) is 11.8 Å². The Morgan fingerprint density at radius 2 is 1.69 bits per heavy atom. The minimum atomic E-state index is -0.150. The monoisotopic (exact) mass is 185 g/mol. The second-order valence-electron chi connectivity index (χ2n) is 5.48. The Morgan fingerprint density at radius 1 is 1.15 bits per heavy atom. The minimum absolute atomic E-state index is 0.150. The number of likely N-dealkylation sites (tertiary alicyclic amines) is 1. The quantitative estimate of drug-likeness (QED) is 0.621. The first-order valence-electron chi connectivity index (χ1n) is 5.25. The van der Waals surface area contributed by atoms with Crippen LogP contribution in [-0.4, -0.2) is 34.7 Å². The van der Waals surface area contributed by atoms with Crippen molar-refractivity contribution in [1.82, 2.24) is 4.90 Å². The number of β-amino-alcohol motifs (C(OH)–C–C–N with tert-alkyl or cyclic N) is 1. The molecule has 0 bridgehead atoms. The van der Waals surface area contributed by atoms with Gasteiger partial charge in [-0.3, -0.25) is 4.90 Å². The number of piperidine rings is 1. The Balaban J connectivity index is 2.64. The molecule has 0 spiro atoms. The molecule has 1 aliphatic heterocycles. The van der Waals surface area contributed by atoms with Crippen LogP contribution in [0.5, 0.6) is 0 Å². The van der Waals surface area contributed by atoms with Gasteiger partial charge in [0, 0.05) is 18.6 Å². The number of nitrogens with zero attached hydrogens (tertiary/aromatic N) is 1. The summed E-state index contributed by atoms with van der Waals surface area (Å²) in [5.41, 5.74) is 0.190. The van der Waals surface area contributed by atoms with Gasteiger partial charge in [-0.1, -0.05) is 13.8 Å². The smallest absolute Gasteiger partial charge is 0.0695 e. The van der Waals surface area contributed by atoms with Gasteiger partial charge in [-0.05, 0) is 32.6 Å². The zero-order valence-corrected chi connectivity index (χ0v) is 9.54. The van der Waals surface area contributed by atoms with Crippen molar-refractivity contribution in [3.63, 3.8) is 0 Å². The third-order valence-corrected chi connectivity index (χ3v) is 3.37. The maximum atomic E-state index is 9.84. The molecule has 0 aromatic rings. The van der Waals surface area contributed by atoms with Crippen LogP contribution in [0.4, 0.5) is 0 Å². The number of hydrogen-bond donors (Lipinski definition) is 1. The summed E-state index contributed by atoms with van der Waals surface area (Å²) in [6.07, 6.45) is -0.150. The molecule has 2 nitrogen and oxygen atoms in total. The van der Waals surface area contributed by atoms with E-state index < -0.39 is 0 Å². The topological polar surface area (TPSA) is 23.5 Å². The normalized spacial score (nSPS) is 37.8. The van der Waals surface area contributed by atoms with Crippen molar-refractivity contribution < 1.29 is 5.11 Å². The van der Waals surface area contributed by atoms with E-state index in [1.807, 2.05) is 0 Å². The second kappa shape index (κ2) is 3.58. The Bertz CT molecular complexity index is 161. The van der Waals surface area contributed by atoms with Crippen molar-refractivity contribution in [1.29, 1.82) is 0 Å². The Labute approximate surface area is 81.9 Å². The highest BCUT2D eigenvalue weighted by atomic mass is 16.3. The van der Waals surface area contributed by atoms with Crippen LogP contribution >= 0.6 is 0 Å². The number of aliphatic hydroxyl groups excluding tert-OH is 1. The van der Waals surface area contributed by atoms with Crippen LogP contribution in [-0.2, 0) is 0 Å². The van der Waals surface area contributed by atoms with E-state index in [9.17, 15) is 5.11 Å². The fraction of sp³-hybridized carbons (Fsp3) is 1.00. The lowest BCUT2D eigenvalue weighted by Crippen LogP contribution is -2.54. The van der Waals surface area contributed by atoms with E-state index in [0.29, 0.717) is 11.8 Å². The highest BCUT2D eigenvalue weighted by Gasteiger charge is 2.34. The minimum Gasteiger partial charge on any atom is -0.392 e. The lowest BCUT2D eigenvalue weighted by molar-refractivity contribution is -0.0365. The summed E-state index contributed by atoms with van der Waals surface area (Å²) in [5, 5.41) is 9.84. The van der Waals surface area contributed by atoms with Crippen molar-refractivity contribution in [3.05, 3.63) is 0 Å². The highest BCUT2D eigenvalue weighted by molar-refractivity contribution is 4.88. The molecule has 13 heavy (non-hydrogen) atoms. The maximum Gasteiger partial charge on any atom is 0.0695 e. The van der Waals surface area contributed by atoms with Crippen LogP contribution in [0.25, 0.3) is 0 Å². The van der Waals surface area contributed by atoms with Crippen molar-refractivity contribution in [3.8, 4) is 0 Å². The van der Waals surface area contributed by atoms with Crippen LogP contribution in [0.1, 0.15) is 34.6 Å². The maximum absolute atomic E-state index is 9.84. The molecule has 0 aliphatic carbocycles. The van der Waals surface area contributed by atoms with Gasteiger partial charge in [-0.15, -0.1) is 0 Å². The molecule has 1 rings (SSSR count). The Kier molecular flexibility index (Phi) is 3.03. The fourth-order valence-electron chi connectivity index (χ4n) is 1.91. The van der Waals surface area contributed by atoms with Gasteiger partial charge in [-0.2, -0.15) is 0 Å². The van der Waals surface area contributed by atoms with Crippen molar-refractivity contribution in [2.24, 2.45) is 11.8 Å². The lowest BCUT2D eigenvalue weighted by atomic mass is 9.84. The van der Waals surface area contributed by atoms with E-state index >= 15 is 0 Å². The first kappa shape index (κ1) is 11.0. The summed E-state index contributed by atoms with van der Waals surface area (Å²) in [5.74, 6) is 1.04. The number of rotatable bonds is 0. The molecule has 2 heteroatoms. The summed E-state index contributed by atoms with van der Waals surface area (Å²) in [6.45, 7) is 12.9. The van der Waals surface area contributed by atoms with Crippen molar-refractivity contribution in [2.75, 3.05) is 13.1 Å². The van der Waals surface area contributed by atoms with E-state index in [4.69, 9.17) is 0 Å². The van der Waals surface area contributed by atoms with Crippen LogP contribution < -0.4 is 0 Å². The van der Waals surface area contributed by atoms with Gasteiger partial charge < -0.3 is 5.11 Å². The van der Waals surface area contributed by atoms with Crippen LogP contribution in [0.3, 0.4) is 0 Å². The molecule has 3 atom stereocenters. The van der Waals surface area contributed by atoms with E-state index in [-0.39, 0.29) is 11.6 Å². The summed E-state index contributed by atoms with van der Waals surface area (Å²) < 4.78 is 0. The zero-order valence-electron chi connectivity index (χ0n) is 9.54. The van der Waals surface area contributed by atoms with E-state index in [1.54, 1.807) is 0 Å². The molecule has 1 fully saturated rings. The molecule has 1 heterocycles. The molecule has 1 N–H and O–H groups in total. The average molecular weight is 185 g/mol. The van der Waals surface area contributed by atoms with Crippen molar-refractivity contribution >= 4 is 0 Å². The summed E-state index contributed by atoms with van der Waals surface area (Å²) in [6, 6.07) is 0. The van der Waals surface area contributed by atoms with Gasteiger partial charge in [0.05, 0.1) is 6.10 Å². The number of hydrogen-bond acceptors (Lipinski definition) is 2. The molecular formula is C11H23NO. The van der Waals surface area contributed by atoms with Crippen LogP contribution in [0.15, 0.2) is 0 Å². The molecule has 0 aromatic carbocycles. The lowest BCUT2D eigenvalue weighted by Gasteiger charge is -2.45. The molecule has 1 saturated heterocycles. The summed E-state index contributed by atoms with van der Waals surface area (Å²) in [7, 11) is 0.